The van der Waals surface area contributed by atoms with Gasteiger partial charge in [0, 0.05) is 6.54 Å². The molecule has 0 aromatic heterocycles. The van der Waals surface area contributed by atoms with Crippen molar-refractivity contribution in [2.24, 2.45) is 0 Å². The number of carbonyl (C=O) groups excluding carboxylic acids is 2. The normalized spacial score (nSPS) is 11.7. The smallest absolute Gasteiger partial charge is 0.387 e. The van der Waals surface area contributed by atoms with Gasteiger partial charge in [0.15, 0.2) is 0 Å². The van der Waals surface area contributed by atoms with E-state index >= 15 is 0 Å². The average Bonchev–Trinajstić information content (AvgIpc) is 2.72. The van der Waals surface area contributed by atoms with E-state index in [4.69, 9.17) is 0 Å². The van der Waals surface area contributed by atoms with E-state index in [2.05, 4.69) is 20.7 Å². The summed E-state index contributed by atoms with van der Waals surface area (Å²) in [4.78, 5) is 23.7. The standard InChI is InChI=1S/C21H25F2N3O3/c1-2-12-24-18(27)13-25-19(28)14-26-20(15-6-4-3-5-7-15)16-8-10-17(11-9-16)29-21(22)23/h3-11,20-21,26H,2,12-14H2,1H3,(H,24,27)(H,25,28)/t20-/m1/s1. The van der Waals surface area contributed by atoms with Crippen molar-refractivity contribution in [3.63, 3.8) is 0 Å². The van der Waals surface area contributed by atoms with Crippen molar-refractivity contribution in [1.82, 2.24) is 16.0 Å². The number of halogens is 2. The van der Waals surface area contributed by atoms with Gasteiger partial charge in [0.05, 0.1) is 19.1 Å². The van der Waals surface area contributed by atoms with E-state index in [1.54, 1.807) is 12.1 Å². The zero-order valence-corrected chi connectivity index (χ0v) is 16.2. The van der Waals surface area contributed by atoms with Crippen LogP contribution < -0.4 is 20.7 Å². The molecule has 0 aliphatic rings. The number of hydrogen-bond acceptors (Lipinski definition) is 4. The van der Waals surface area contributed by atoms with Crippen molar-refractivity contribution in [2.45, 2.75) is 26.0 Å². The fourth-order valence-electron chi connectivity index (χ4n) is 2.68. The Labute approximate surface area is 168 Å². The zero-order valence-electron chi connectivity index (χ0n) is 16.2. The summed E-state index contributed by atoms with van der Waals surface area (Å²) in [7, 11) is 0. The third-order valence-corrected chi connectivity index (χ3v) is 4.06. The fourth-order valence-corrected chi connectivity index (χ4v) is 2.68. The SMILES string of the molecule is CCCNC(=O)CNC(=O)CN[C@H](c1ccccc1)c1ccc(OC(F)F)cc1. The van der Waals surface area contributed by atoms with Crippen LogP contribution in [0.4, 0.5) is 8.78 Å². The first-order valence-electron chi connectivity index (χ1n) is 9.36. The summed E-state index contributed by atoms with van der Waals surface area (Å²) in [6.45, 7) is -0.485. The minimum Gasteiger partial charge on any atom is -0.435 e. The van der Waals surface area contributed by atoms with Gasteiger partial charge in [-0.05, 0) is 29.7 Å². The first kappa shape index (κ1) is 22.3. The molecule has 0 radical (unpaired) electrons. The van der Waals surface area contributed by atoms with E-state index in [1.807, 2.05) is 37.3 Å². The summed E-state index contributed by atoms with van der Waals surface area (Å²) < 4.78 is 29.1. The molecule has 0 spiro atoms. The lowest BCUT2D eigenvalue weighted by molar-refractivity contribution is -0.125. The van der Waals surface area contributed by atoms with Gasteiger partial charge in [0.1, 0.15) is 5.75 Å². The zero-order chi connectivity index (χ0) is 21.1. The predicted molar refractivity (Wildman–Crippen MR) is 106 cm³/mol. The van der Waals surface area contributed by atoms with Crippen LogP contribution in [0, 0.1) is 0 Å². The number of rotatable bonds is 11. The first-order chi connectivity index (χ1) is 14.0. The van der Waals surface area contributed by atoms with Crippen LogP contribution in [-0.2, 0) is 9.59 Å². The van der Waals surface area contributed by atoms with Gasteiger partial charge in [-0.25, -0.2) is 0 Å². The van der Waals surface area contributed by atoms with Crippen LogP contribution in [0.15, 0.2) is 54.6 Å². The summed E-state index contributed by atoms with van der Waals surface area (Å²) in [5.74, 6) is -0.504. The second-order valence-corrected chi connectivity index (χ2v) is 6.30. The minimum absolute atomic E-state index is 0.0180. The lowest BCUT2D eigenvalue weighted by atomic mass is 9.98. The number of carbonyl (C=O) groups is 2. The summed E-state index contributed by atoms with van der Waals surface area (Å²) in [6.07, 6.45) is 0.821. The van der Waals surface area contributed by atoms with Crippen molar-refractivity contribution >= 4 is 11.8 Å². The molecule has 6 nitrogen and oxygen atoms in total. The molecule has 0 unspecified atom stereocenters. The van der Waals surface area contributed by atoms with Crippen molar-refractivity contribution in [1.29, 1.82) is 0 Å². The van der Waals surface area contributed by atoms with Crippen LogP contribution in [0.1, 0.15) is 30.5 Å². The van der Waals surface area contributed by atoms with E-state index in [-0.39, 0.29) is 36.7 Å². The Morgan fingerprint density at radius 1 is 0.897 bits per heavy atom. The Hall–Kier alpha value is -3.00. The second kappa shape index (κ2) is 11.8. The monoisotopic (exact) mass is 405 g/mol. The molecule has 8 heteroatoms. The molecule has 1 atom stereocenters. The molecular weight excluding hydrogens is 380 g/mol. The highest BCUT2D eigenvalue weighted by atomic mass is 19.3. The Morgan fingerprint density at radius 2 is 1.52 bits per heavy atom. The number of ether oxygens (including phenoxy) is 1. The van der Waals surface area contributed by atoms with E-state index < -0.39 is 6.61 Å². The highest BCUT2D eigenvalue weighted by Crippen LogP contribution is 2.24. The van der Waals surface area contributed by atoms with Crippen LogP contribution in [-0.4, -0.2) is 38.1 Å². The molecular formula is C21H25F2N3O3. The minimum atomic E-state index is -2.89. The number of nitrogens with one attached hydrogen (secondary N) is 3. The van der Waals surface area contributed by atoms with E-state index in [0.29, 0.717) is 6.54 Å². The van der Waals surface area contributed by atoms with Gasteiger partial charge >= 0.3 is 6.61 Å². The van der Waals surface area contributed by atoms with Crippen LogP contribution in [0.2, 0.25) is 0 Å². The molecule has 3 N–H and O–H groups in total. The van der Waals surface area contributed by atoms with Gasteiger partial charge in [-0.15, -0.1) is 0 Å². The Bertz CT molecular complexity index is 771. The number of hydrogen-bond donors (Lipinski definition) is 3. The van der Waals surface area contributed by atoms with Crippen molar-refractivity contribution in [3.8, 4) is 5.75 Å². The lowest BCUT2D eigenvalue weighted by Crippen LogP contribution is -2.41. The summed E-state index contributed by atoms with van der Waals surface area (Å²) >= 11 is 0. The molecule has 156 valence electrons. The molecule has 0 saturated carbocycles. The Morgan fingerprint density at radius 3 is 2.14 bits per heavy atom. The van der Waals surface area contributed by atoms with E-state index in [1.165, 1.54) is 12.1 Å². The van der Waals surface area contributed by atoms with Gasteiger partial charge in [-0.2, -0.15) is 8.78 Å². The fraction of sp³-hybridized carbons (Fsp3) is 0.333. The maximum Gasteiger partial charge on any atom is 0.387 e. The van der Waals surface area contributed by atoms with Crippen molar-refractivity contribution in [3.05, 3.63) is 65.7 Å². The van der Waals surface area contributed by atoms with Gasteiger partial charge in [-0.1, -0.05) is 49.4 Å². The van der Waals surface area contributed by atoms with Crippen LogP contribution in [0.5, 0.6) is 5.75 Å². The quantitative estimate of drug-likeness (QED) is 0.537. The van der Waals surface area contributed by atoms with Crippen molar-refractivity contribution in [2.75, 3.05) is 19.6 Å². The molecule has 0 aliphatic heterocycles. The van der Waals surface area contributed by atoms with Crippen LogP contribution >= 0.6 is 0 Å². The van der Waals surface area contributed by atoms with Crippen LogP contribution in [0.3, 0.4) is 0 Å². The molecule has 2 aromatic rings. The molecule has 2 aromatic carbocycles. The first-order valence-corrected chi connectivity index (χ1v) is 9.36. The van der Waals surface area contributed by atoms with E-state index in [9.17, 15) is 18.4 Å². The number of amides is 2. The van der Waals surface area contributed by atoms with Crippen molar-refractivity contribution < 1.29 is 23.1 Å². The van der Waals surface area contributed by atoms with Gasteiger partial charge in [-0.3, -0.25) is 14.9 Å². The molecule has 29 heavy (non-hydrogen) atoms. The van der Waals surface area contributed by atoms with Gasteiger partial charge in [0.2, 0.25) is 11.8 Å². The Balaban J connectivity index is 2.00. The summed E-state index contributed by atoms with van der Waals surface area (Å²) in [5.41, 5.74) is 1.69. The maximum atomic E-state index is 12.3. The van der Waals surface area contributed by atoms with Gasteiger partial charge in [0.25, 0.3) is 0 Å². The Kier molecular flexibility index (Phi) is 9.04. The molecule has 0 bridgehead atoms. The summed E-state index contributed by atoms with van der Waals surface area (Å²) in [6, 6.07) is 15.3. The predicted octanol–water partition coefficient (Wildman–Crippen LogP) is 2.61. The largest absolute Gasteiger partial charge is 0.435 e. The lowest BCUT2D eigenvalue weighted by Gasteiger charge is -2.20. The molecule has 0 aliphatic carbocycles. The van der Waals surface area contributed by atoms with Crippen LogP contribution in [0.25, 0.3) is 0 Å². The topological polar surface area (TPSA) is 79.5 Å². The molecule has 0 fully saturated rings. The maximum absolute atomic E-state index is 12.3. The third-order valence-electron chi connectivity index (χ3n) is 4.06. The highest BCUT2D eigenvalue weighted by Gasteiger charge is 2.16. The number of benzene rings is 2. The van der Waals surface area contributed by atoms with E-state index in [0.717, 1.165) is 17.5 Å². The molecule has 2 amide bonds. The molecule has 2 rings (SSSR count). The summed E-state index contributed by atoms with van der Waals surface area (Å²) in [5, 5.41) is 8.39. The molecule has 0 saturated heterocycles. The highest BCUT2D eigenvalue weighted by molar-refractivity contribution is 5.85. The average molecular weight is 405 g/mol. The number of alkyl halides is 2. The third kappa shape index (κ3) is 7.87. The second-order valence-electron chi connectivity index (χ2n) is 6.30. The van der Waals surface area contributed by atoms with Gasteiger partial charge < -0.3 is 15.4 Å². The molecule has 0 heterocycles.